The molecule has 1 saturated carbocycles. The molecule has 0 aliphatic heterocycles. The van der Waals surface area contributed by atoms with Crippen molar-refractivity contribution in [2.75, 3.05) is 6.61 Å². The van der Waals surface area contributed by atoms with Crippen LogP contribution in [-0.2, 0) is 16.1 Å². The fourth-order valence-electron chi connectivity index (χ4n) is 3.13. The minimum Gasteiger partial charge on any atom is -0.376 e. The van der Waals surface area contributed by atoms with Gasteiger partial charge in [-0.15, -0.1) is 0 Å². The quantitative estimate of drug-likeness (QED) is 0.830. The molecule has 2 atom stereocenters. The average molecular weight is 298 g/mol. The maximum Gasteiger partial charge on any atom is 0.133 e. The van der Waals surface area contributed by atoms with Gasteiger partial charge in [0.1, 0.15) is 11.6 Å². The first kappa shape index (κ1) is 14.9. The van der Waals surface area contributed by atoms with Gasteiger partial charge >= 0.3 is 0 Å². The van der Waals surface area contributed by atoms with Crippen molar-refractivity contribution in [1.82, 2.24) is 0 Å². The van der Waals surface area contributed by atoms with E-state index in [1.807, 2.05) is 36.4 Å². The van der Waals surface area contributed by atoms with E-state index < -0.39 is 0 Å². The fraction of sp³-hybridized carbons (Fsp3) is 0.316. The van der Waals surface area contributed by atoms with E-state index in [0.717, 1.165) is 11.1 Å². The molecule has 1 aliphatic rings. The minimum absolute atomic E-state index is 0.0685. The summed E-state index contributed by atoms with van der Waals surface area (Å²) in [4.78, 5) is 11.8. The summed E-state index contributed by atoms with van der Waals surface area (Å²) in [6.45, 7) is 1.07. The van der Waals surface area contributed by atoms with Gasteiger partial charge < -0.3 is 4.74 Å². The first-order valence-corrected chi connectivity index (χ1v) is 7.61. The standard InChI is InChI=1S/C19H19FO2/c20-17-8-4-7-15(9-17)19-11-18(21)10-16(19)13-22-12-14-5-2-1-3-6-14/h1-9,16,19H,10-13H2/t16-,19+/m1/s1. The summed E-state index contributed by atoms with van der Waals surface area (Å²) < 4.78 is 19.2. The first-order chi connectivity index (χ1) is 10.7. The second kappa shape index (κ2) is 6.84. The molecule has 0 radical (unpaired) electrons. The molecule has 2 nitrogen and oxygen atoms in total. The zero-order valence-corrected chi connectivity index (χ0v) is 12.4. The molecule has 2 aromatic carbocycles. The monoisotopic (exact) mass is 298 g/mol. The smallest absolute Gasteiger partial charge is 0.133 e. The van der Waals surface area contributed by atoms with E-state index >= 15 is 0 Å². The van der Waals surface area contributed by atoms with Crippen LogP contribution in [0.2, 0.25) is 0 Å². The van der Waals surface area contributed by atoms with Gasteiger partial charge in [-0.3, -0.25) is 4.79 Å². The molecule has 0 bridgehead atoms. The number of halogens is 1. The van der Waals surface area contributed by atoms with Crippen LogP contribution >= 0.6 is 0 Å². The van der Waals surface area contributed by atoms with Gasteiger partial charge in [0, 0.05) is 12.8 Å². The predicted octanol–water partition coefficient (Wildman–Crippen LogP) is 4.11. The normalized spacial score (nSPS) is 21.2. The topological polar surface area (TPSA) is 26.3 Å². The summed E-state index contributed by atoms with van der Waals surface area (Å²) in [5.74, 6) is 0.195. The third-order valence-electron chi connectivity index (χ3n) is 4.23. The molecule has 0 aromatic heterocycles. The molecule has 22 heavy (non-hydrogen) atoms. The average Bonchev–Trinajstić information content (AvgIpc) is 2.89. The molecule has 0 amide bonds. The third-order valence-corrected chi connectivity index (χ3v) is 4.23. The number of Topliss-reactive ketones (excluding diaryl/α,β-unsaturated/α-hetero) is 1. The van der Waals surface area contributed by atoms with E-state index in [2.05, 4.69) is 0 Å². The molecule has 1 aliphatic carbocycles. The number of ether oxygens (including phenoxy) is 1. The number of hydrogen-bond acceptors (Lipinski definition) is 2. The molecule has 0 N–H and O–H groups in total. The van der Waals surface area contributed by atoms with Crippen LogP contribution in [-0.4, -0.2) is 12.4 Å². The zero-order valence-electron chi connectivity index (χ0n) is 12.4. The largest absolute Gasteiger partial charge is 0.376 e. The summed E-state index contributed by atoms with van der Waals surface area (Å²) in [7, 11) is 0. The van der Waals surface area contributed by atoms with E-state index in [4.69, 9.17) is 4.74 Å². The van der Waals surface area contributed by atoms with Crippen molar-refractivity contribution in [2.45, 2.75) is 25.4 Å². The number of carbonyl (C=O) groups excluding carboxylic acids is 1. The highest BCUT2D eigenvalue weighted by Gasteiger charge is 2.34. The van der Waals surface area contributed by atoms with Gasteiger partial charge in [0.15, 0.2) is 0 Å². The molecular weight excluding hydrogens is 279 g/mol. The number of rotatable bonds is 5. The lowest BCUT2D eigenvalue weighted by atomic mass is 9.89. The Morgan fingerprint density at radius 2 is 1.86 bits per heavy atom. The zero-order chi connectivity index (χ0) is 15.4. The minimum atomic E-state index is -0.249. The Bertz CT molecular complexity index is 639. The van der Waals surface area contributed by atoms with Crippen LogP contribution in [0.5, 0.6) is 0 Å². The summed E-state index contributed by atoms with van der Waals surface area (Å²) in [5.41, 5.74) is 2.02. The molecule has 0 spiro atoms. The Balaban J connectivity index is 1.62. The second-order valence-electron chi connectivity index (χ2n) is 5.87. The Labute approximate surface area is 129 Å². The maximum atomic E-state index is 13.4. The van der Waals surface area contributed by atoms with Crippen LogP contribution < -0.4 is 0 Å². The van der Waals surface area contributed by atoms with E-state index in [1.165, 1.54) is 12.1 Å². The van der Waals surface area contributed by atoms with Crippen molar-refractivity contribution in [1.29, 1.82) is 0 Å². The number of ketones is 1. The Morgan fingerprint density at radius 3 is 2.64 bits per heavy atom. The van der Waals surface area contributed by atoms with Gasteiger partial charge in [-0.25, -0.2) is 4.39 Å². The van der Waals surface area contributed by atoms with E-state index in [9.17, 15) is 9.18 Å². The van der Waals surface area contributed by atoms with Gasteiger partial charge in [-0.1, -0.05) is 42.5 Å². The Kier molecular flexibility index (Phi) is 4.64. The molecule has 3 heteroatoms. The summed E-state index contributed by atoms with van der Waals surface area (Å²) >= 11 is 0. The number of benzene rings is 2. The Hall–Kier alpha value is -2.00. The molecule has 2 aromatic rings. The summed E-state index contributed by atoms with van der Waals surface area (Å²) in [6, 6.07) is 16.5. The van der Waals surface area contributed by atoms with Crippen LogP contribution in [0.4, 0.5) is 4.39 Å². The second-order valence-corrected chi connectivity index (χ2v) is 5.87. The first-order valence-electron chi connectivity index (χ1n) is 7.61. The van der Waals surface area contributed by atoms with Gasteiger partial charge in [0.25, 0.3) is 0 Å². The number of hydrogen-bond donors (Lipinski definition) is 0. The summed E-state index contributed by atoms with van der Waals surface area (Å²) in [6.07, 6.45) is 1.01. The van der Waals surface area contributed by atoms with Crippen molar-refractivity contribution in [3.05, 3.63) is 71.5 Å². The van der Waals surface area contributed by atoms with Crippen molar-refractivity contribution < 1.29 is 13.9 Å². The van der Waals surface area contributed by atoms with Gasteiger partial charge in [0.2, 0.25) is 0 Å². The van der Waals surface area contributed by atoms with Crippen molar-refractivity contribution in [3.8, 4) is 0 Å². The van der Waals surface area contributed by atoms with Crippen LogP contribution in [0.3, 0.4) is 0 Å². The van der Waals surface area contributed by atoms with Crippen molar-refractivity contribution in [3.63, 3.8) is 0 Å². The lowest BCUT2D eigenvalue weighted by Gasteiger charge is -2.19. The van der Waals surface area contributed by atoms with Crippen LogP contribution in [0.25, 0.3) is 0 Å². The van der Waals surface area contributed by atoms with Crippen LogP contribution in [0.1, 0.15) is 29.9 Å². The number of carbonyl (C=O) groups is 1. The highest BCUT2D eigenvalue weighted by Crippen LogP contribution is 2.38. The maximum absolute atomic E-state index is 13.4. The fourth-order valence-corrected chi connectivity index (χ4v) is 3.13. The summed E-state index contributed by atoms with van der Waals surface area (Å²) in [5, 5.41) is 0. The van der Waals surface area contributed by atoms with Crippen LogP contribution in [0, 0.1) is 11.7 Å². The highest BCUT2D eigenvalue weighted by molar-refractivity contribution is 5.82. The Morgan fingerprint density at radius 1 is 1.05 bits per heavy atom. The van der Waals surface area contributed by atoms with E-state index in [0.29, 0.717) is 26.1 Å². The van der Waals surface area contributed by atoms with E-state index in [-0.39, 0.29) is 23.4 Å². The molecule has 114 valence electrons. The predicted molar refractivity (Wildman–Crippen MR) is 83.0 cm³/mol. The molecule has 1 fully saturated rings. The molecule has 0 heterocycles. The molecule has 3 rings (SSSR count). The highest BCUT2D eigenvalue weighted by atomic mass is 19.1. The van der Waals surface area contributed by atoms with Gasteiger partial charge in [-0.2, -0.15) is 0 Å². The molecule has 0 unspecified atom stereocenters. The van der Waals surface area contributed by atoms with Crippen molar-refractivity contribution >= 4 is 5.78 Å². The van der Waals surface area contributed by atoms with Gasteiger partial charge in [0.05, 0.1) is 13.2 Å². The SMILES string of the molecule is O=C1C[C@H](COCc2ccccc2)[C@H](c2cccc(F)c2)C1. The van der Waals surface area contributed by atoms with Crippen LogP contribution in [0.15, 0.2) is 54.6 Å². The van der Waals surface area contributed by atoms with E-state index in [1.54, 1.807) is 6.07 Å². The van der Waals surface area contributed by atoms with Gasteiger partial charge in [-0.05, 0) is 35.1 Å². The molecular formula is C19H19FO2. The lowest BCUT2D eigenvalue weighted by molar-refractivity contribution is -0.117. The lowest BCUT2D eigenvalue weighted by Crippen LogP contribution is -2.13. The van der Waals surface area contributed by atoms with Crippen molar-refractivity contribution in [2.24, 2.45) is 5.92 Å². The molecule has 0 saturated heterocycles. The third kappa shape index (κ3) is 3.60.